The topological polar surface area (TPSA) is 56.7 Å². The Kier molecular flexibility index (Phi) is 7.99. The predicted octanol–water partition coefficient (Wildman–Crippen LogP) is 2.40. The van der Waals surface area contributed by atoms with Gasteiger partial charge in [-0.1, -0.05) is 45.0 Å². The molecule has 1 amide bonds. The van der Waals surface area contributed by atoms with Gasteiger partial charge in [-0.25, -0.2) is 0 Å². The predicted molar refractivity (Wildman–Crippen MR) is 110 cm³/mol. The second-order valence-electron chi connectivity index (χ2n) is 6.92. The number of nitrogens with one attached hydrogen (secondary N) is 2. The number of fused-ring (bicyclic) bond motifs is 1. The molecule has 0 spiro atoms. The quantitative estimate of drug-likeness (QED) is 0.326. The highest BCUT2D eigenvalue weighted by Gasteiger charge is 2.21. The lowest BCUT2D eigenvalue weighted by molar-refractivity contribution is -0.128. The smallest absolute Gasteiger partial charge is 0.225 e. The lowest BCUT2D eigenvalue weighted by atomic mass is 9.96. The van der Waals surface area contributed by atoms with Gasteiger partial charge in [0.25, 0.3) is 0 Å². The molecule has 1 aliphatic rings. The molecule has 2 rings (SSSR count). The van der Waals surface area contributed by atoms with Gasteiger partial charge in [-0.05, 0) is 17.5 Å². The monoisotopic (exact) mass is 444 g/mol. The van der Waals surface area contributed by atoms with Crippen molar-refractivity contribution in [1.29, 1.82) is 0 Å². The first-order valence-corrected chi connectivity index (χ1v) is 8.22. The van der Waals surface area contributed by atoms with Crippen molar-refractivity contribution in [3.63, 3.8) is 0 Å². The van der Waals surface area contributed by atoms with Crippen LogP contribution in [0.1, 0.15) is 31.9 Å². The summed E-state index contributed by atoms with van der Waals surface area (Å²) in [5.41, 5.74) is 2.44. The number of halogens is 1. The van der Waals surface area contributed by atoms with Crippen molar-refractivity contribution in [3.05, 3.63) is 35.4 Å². The first kappa shape index (κ1) is 20.7. The lowest BCUT2D eigenvalue weighted by Gasteiger charge is -2.31. The van der Waals surface area contributed by atoms with E-state index in [0.29, 0.717) is 13.1 Å². The molecule has 0 saturated carbocycles. The second-order valence-corrected chi connectivity index (χ2v) is 6.92. The van der Waals surface area contributed by atoms with Gasteiger partial charge in [0.15, 0.2) is 5.96 Å². The molecule has 2 N–H and O–H groups in total. The SMILES string of the molecule is CN=C(NCCNC(=O)C(C)(C)C)N1CCc2ccccc2C1.I. The van der Waals surface area contributed by atoms with Gasteiger partial charge in [0, 0.05) is 38.6 Å². The summed E-state index contributed by atoms with van der Waals surface area (Å²) in [6.07, 6.45) is 1.04. The fourth-order valence-electron chi connectivity index (χ4n) is 2.62. The largest absolute Gasteiger partial charge is 0.354 e. The van der Waals surface area contributed by atoms with Gasteiger partial charge in [0.1, 0.15) is 0 Å². The van der Waals surface area contributed by atoms with Gasteiger partial charge in [-0.2, -0.15) is 0 Å². The number of benzene rings is 1. The maximum atomic E-state index is 11.8. The Morgan fingerprint density at radius 3 is 2.42 bits per heavy atom. The van der Waals surface area contributed by atoms with Crippen molar-refractivity contribution >= 4 is 35.8 Å². The van der Waals surface area contributed by atoms with Gasteiger partial charge in [0.2, 0.25) is 5.91 Å². The first-order valence-electron chi connectivity index (χ1n) is 8.22. The minimum absolute atomic E-state index is 0. The Labute approximate surface area is 162 Å². The molecule has 0 aromatic heterocycles. The highest BCUT2D eigenvalue weighted by Crippen LogP contribution is 2.18. The summed E-state index contributed by atoms with van der Waals surface area (Å²) in [5.74, 6) is 0.964. The lowest BCUT2D eigenvalue weighted by Crippen LogP contribution is -2.46. The number of carbonyl (C=O) groups excluding carboxylic acids is 1. The minimum Gasteiger partial charge on any atom is -0.354 e. The molecular weight excluding hydrogens is 415 g/mol. The van der Waals surface area contributed by atoms with E-state index in [2.05, 4.69) is 44.8 Å². The van der Waals surface area contributed by atoms with Gasteiger partial charge in [-0.3, -0.25) is 9.79 Å². The molecule has 0 atom stereocenters. The van der Waals surface area contributed by atoms with Crippen LogP contribution in [0.5, 0.6) is 0 Å². The van der Waals surface area contributed by atoms with Crippen molar-refractivity contribution in [2.45, 2.75) is 33.7 Å². The van der Waals surface area contributed by atoms with E-state index in [-0.39, 0.29) is 35.3 Å². The van der Waals surface area contributed by atoms with Gasteiger partial charge >= 0.3 is 0 Å². The van der Waals surface area contributed by atoms with Gasteiger partial charge in [-0.15, -0.1) is 24.0 Å². The molecule has 0 radical (unpaired) electrons. The summed E-state index contributed by atoms with van der Waals surface area (Å²) in [5, 5.41) is 6.28. The van der Waals surface area contributed by atoms with Crippen molar-refractivity contribution in [2.24, 2.45) is 10.4 Å². The molecule has 134 valence electrons. The van der Waals surface area contributed by atoms with E-state index >= 15 is 0 Å². The van der Waals surface area contributed by atoms with Crippen LogP contribution in [0.4, 0.5) is 0 Å². The Balaban J connectivity index is 0.00000288. The van der Waals surface area contributed by atoms with Crippen LogP contribution in [0, 0.1) is 5.41 Å². The zero-order chi connectivity index (χ0) is 16.9. The molecule has 24 heavy (non-hydrogen) atoms. The molecule has 1 aliphatic heterocycles. The third kappa shape index (κ3) is 5.65. The van der Waals surface area contributed by atoms with E-state index in [0.717, 1.165) is 25.5 Å². The molecule has 0 saturated heterocycles. The number of hydrogen-bond donors (Lipinski definition) is 2. The van der Waals surface area contributed by atoms with E-state index in [1.165, 1.54) is 11.1 Å². The number of hydrogen-bond acceptors (Lipinski definition) is 2. The summed E-state index contributed by atoms with van der Waals surface area (Å²) < 4.78 is 0. The molecule has 0 bridgehead atoms. The van der Waals surface area contributed by atoms with E-state index in [1.807, 2.05) is 20.8 Å². The molecule has 1 aromatic carbocycles. The standard InChI is InChI=1S/C18H28N4O.HI/c1-18(2,3)16(23)20-10-11-21-17(19-4)22-12-9-14-7-5-6-8-15(14)13-22;/h5-8H,9-13H2,1-4H3,(H,19,21)(H,20,23);1H. The normalized spacial score (nSPS) is 14.5. The Morgan fingerprint density at radius 1 is 1.17 bits per heavy atom. The van der Waals surface area contributed by atoms with Crippen LogP contribution < -0.4 is 10.6 Å². The van der Waals surface area contributed by atoms with Crippen molar-refractivity contribution in [2.75, 3.05) is 26.7 Å². The molecule has 0 aliphatic carbocycles. The number of nitrogens with zero attached hydrogens (tertiary/aromatic N) is 2. The maximum Gasteiger partial charge on any atom is 0.225 e. The van der Waals surface area contributed by atoms with Crippen LogP contribution in [0.15, 0.2) is 29.3 Å². The van der Waals surface area contributed by atoms with E-state index < -0.39 is 0 Å². The van der Waals surface area contributed by atoms with E-state index in [9.17, 15) is 4.79 Å². The molecule has 0 fully saturated rings. The Morgan fingerprint density at radius 2 is 1.79 bits per heavy atom. The Bertz CT molecular complexity index is 581. The van der Waals surface area contributed by atoms with E-state index in [1.54, 1.807) is 7.05 Å². The molecule has 0 unspecified atom stereocenters. The van der Waals surface area contributed by atoms with Crippen LogP contribution in [-0.4, -0.2) is 43.4 Å². The van der Waals surface area contributed by atoms with Gasteiger partial charge < -0.3 is 15.5 Å². The molecule has 5 nitrogen and oxygen atoms in total. The number of guanidine groups is 1. The summed E-state index contributed by atoms with van der Waals surface area (Å²) >= 11 is 0. The van der Waals surface area contributed by atoms with Crippen LogP contribution >= 0.6 is 24.0 Å². The van der Waals surface area contributed by atoms with Crippen molar-refractivity contribution < 1.29 is 4.79 Å². The highest BCUT2D eigenvalue weighted by molar-refractivity contribution is 14.0. The van der Waals surface area contributed by atoms with Crippen LogP contribution in [0.3, 0.4) is 0 Å². The summed E-state index contributed by atoms with van der Waals surface area (Å²) in [7, 11) is 1.80. The third-order valence-electron chi connectivity index (χ3n) is 4.02. The zero-order valence-corrected chi connectivity index (χ0v) is 17.4. The zero-order valence-electron chi connectivity index (χ0n) is 15.1. The van der Waals surface area contributed by atoms with Crippen LogP contribution in [0.25, 0.3) is 0 Å². The minimum atomic E-state index is -0.349. The summed E-state index contributed by atoms with van der Waals surface area (Å²) in [6.45, 7) is 8.86. The van der Waals surface area contributed by atoms with Crippen molar-refractivity contribution in [3.8, 4) is 0 Å². The first-order chi connectivity index (χ1) is 10.9. The number of rotatable bonds is 3. The highest BCUT2D eigenvalue weighted by atomic mass is 127. The maximum absolute atomic E-state index is 11.8. The average Bonchev–Trinajstić information content (AvgIpc) is 2.53. The second kappa shape index (κ2) is 9.25. The summed E-state index contributed by atoms with van der Waals surface area (Å²) in [6, 6.07) is 8.56. The molecular formula is C18H29IN4O. The fraction of sp³-hybridized carbons (Fsp3) is 0.556. The Hall–Kier alpha value is -1.31. The average molecular weight is 444 g/mol. The van der Waals surface area contributed by atoms with Gasteiger partial charge in [0.05, 0.1) is 0 Å². The van der Waals surface area contributed by atoms with E-state index in [4.69, 9.17) is 0 Å². The fourth-order valence-corrected chi connectivity index (χ4v) is 2.62. The van der Waals surface area contributed by atoms with Crippen LogP contribution in [0.2, 0.25) is 0 Å². The van der Waals surface area contributed by atoms with Crippen molar-refractivity contribution in [1.82, 2.24) is 15.5 Å². The molecule has 1 heterocycles. The molecule has 6 heteroatoms. The number of carbonyl (C=O) groups is 1. The number of amides is 1. The van der Waals surface area contributed by atoms with Crippen LogP contribution in [-0.2, 0) is 17.8 Å². The number of aliphatic imine (C=N–C) groups is 1. The molecule has 1 aromatic rings. The summed E-state index contributed by atoms with van der Waals surface area (Å²) in [4.78, 5) is 18.5. The third-order valence-corrected chi connectivity index (χ3v) is 4.02.